The number of rotatable bonds is 9. The van der Waals surface area contributed by atoms with Crippen molar-refractivity contribution in [3.05, 3.63) is 35.9 Å². The van der Waals surface area contributed by atoms with Gasteiger partial charge in [-0.15, -0.1) is 0 Å². The van der Waals surface area contributed by atoms with Gasteiger partial charge < -0.3 is 5.11 Å². The Hall–Kier alpha value is -0.530. The van der Waals surface area contributed by atoms with Gasteiger partial charge in [0, 0.05) is 5.54 Å². The molecule has 0 aliphatic rings. The quantitative estimate of drug-likeness (QED) is 0.464. The lowest BCUT2D eigenvalue weighted by Crippen LogP contribution is -1.98. The smallest absolute Gasteiger partial charge is 0.0766 e. The van der Waals surface area contributed by atoms with Crippen LogP contribution < -0.4 is 0 Å². The molecule has 1 nitrogen and oxygen atoms in total. The standard InChI is InChI=1S/C14H23ClO/c1-2-3-4-5-6-7-8-9-10-11-14(16)12-13-15/h6-7,9-10,12-14,16H,2-5,8,11H2,1H3/b7-6-,10-9-,13-12+/t14-/m0/s1. The highest BCUT2D eigenvalue weighted by molar-refractivity contribution is 6.25. The Morgan fingerprint density at radius 2 is 1.88 bits per heavy atom. The highest BCUT2D eigenvalue weighted by Crippen LogP contribution is 2.01. The summed E-state index contributed by atoms with van der Waals surface area (Å²) in [6.07, 6.45) is 16.2. The third-order valence-corrected chi connectivity index (χ3v) is 2.40. The molecule has 0 aromatic carbocycles. The van der Waals surface area contributed by atoms with Crippen LogP contribution in [0.25, 0.3) is 0 Å². The topological polar surface area (TPSA) is 20.2 Å². The van der Waals surface area contributed by atoms with E-state index in [0.717, 1.165) is 6.42 Å². The van der Waals surface area contributed by atoms with Crippen LogP contribution >= 0.6 is 11.6 Å². The first-order valence-corrected chi connectivity index (χ1v) is 6.49. The minimum absolute atomic E-state index is 0.456. The Bertz CT molecular complexity index is 219. The second kappa shape index (κ2) is 12.5. The van der Waals surface area contributed by atoms with E-state index < -0.39 is 6.10 Å². The fraction of sp³-hybridized carbons (Fsp3) is 0.571. The van der Waals surface area contributed by atoms with Crippen molar-refractivity contribution in [2.75, 3.05) is 0 Å². The van der Waals surface area contributed by atoms with Crippen LogP contribution in [0.2, 0.25) is 0 Å². The summed E-state index contributed by atoms with van der Waals surface area (Å²) in [5, 5.41) is 9.31. The molecule has 0 saturated heterocycles. The van der Waals surface area contributed by atoms with Gasteiger partial charge in [0.25, 0.3) is 0 Å². The average Bonchev–Trinajstić information content (AvgIpc) is 2.27. The SMILES string of the molecule is CCCCC/C=C\C/C=C\C[C@H](O)/C=C/Cl. The van der Waals surface area contributed by atoms with E-state index in [1.165, 1.54) is 31.2 Å². The molecule has 92 valence electrons. The third-order valence-electron chi connectivity index (χ3n) is 2.25. The van der Waals surface area contributed by atoms with Crippen LogP contribution in [0.4, 0.5) is 0 Å². The molecule has 0 aliphatic heterocycles. The lowest BCUT2D eigenvalue weighted by Gasteiger charge is -1.97. The third kappa shape index (κ3) is 11.5. The summed E-state index contributed by atoms with van der Waals surface area (Å²) in [7, 11) is 0. The summed E-state index contributed by atoms with van der Waals surface area (Å²) < 4.78 is 0. The van der Waals surface area contributed by atoms with Gasteiger partial charge in [0.05, 0.1) is 6.10 Å². The molecule has 0 bridgehead atoms. The van der Waals surface area contributed by atoms with Gasteiger partial charge in [0.1, 0.15) is 0 Å². The Kier molecular flexibility index (Phi) is 12.1. The van der Waals surface area contributed by atoms with E-state index in [-0.39, 0.29) is 0 Å². The average molecular weight is 243 g/mol. The molecular weight excluding hydrogens is 220 g/mol. The van der Waals surface area contributed by atoms with Crippen LogP contribution in [-0.4, -0.2) is 11.2 Å². The Morgan fingerprint density at radius 3 is 2.56 bits per heavy atom. The zero-order valence-electron chi connectivity index (χ0n) is 10.1. The van der Waals surface area contributed by atoms with Crippen LogP contribution in [0.3, 0.4) is 0 Å². The lowest BCUT2D eigenvalue weighted by molar-refractivity contribution is 0.227. The van der Waals surface area contributed by atoms with Gasteiger partial charge in [-0.2, -0.15) is 0 Å². The van der Waals surface area contributed by atoms with Crippen LogP contribution in [-0.2, 0) is 0 Å². The predicted molar refractivity (Wildman–Crippen MR) is 72.7 cm³/mol. The van der Waals surface area contributed by atoms with Crippen LogP contribution in [0, 0.1) is 0 Å². The summed E-state index contributed by atoms with van der Waals surface area (Å²) in [5.74, 6) is 0. The monoisotopic (exact) mass is 242 g/mol. The summed E-state index contributed by atoms with van der Waals surface area (Å²) in [6, 6.07) is 0. The fourth-order valence-electron chi connectivity index (χ4n) is 1.30. The molecule has 0 fully saturated rings. The minimum Gasteiger partial charge on any atom is -0.389 e. The van der Waals surface area contributed by atoms with Gasteiger partial charge in [0.15, 0.2) is 0 Å². The van der Waals surface area contributed by atoms with Crippen molar-refractivity contribution >= 4 is 11.6 Å². The van der Waals surface area contributed by atoms with Crippen molar-refractivity contribution < 1.29 is 5.11 Å². The maximum Gasteiger partial charge on any atom is 0.0766 e. The van der Waals surface area contributed by atoms with Crippen molar-refractivity contribution in [2.45, 2.75) is 51.6 Å². The summed E-state index contributed by atoms with van der Waals surface area (Å²) in [4.78, 5) is 0. The van der Waals surface area contributed by atoms with Gasteiger partial charge in [-0.3, -0.25) is 0 Å². The molecule has 16 heavy (non-hydrogen) atoms. The van der Waals surface area contributed by atoms with E-state index in [9.17, 15) is 5.11 Å². The highest BCUT2D eigenvalue weighted by Gasteiger charge is 1.92. The number of aliphatic hydroxyl groups is 1. The number of hydrogen-bond donors (Lipinski definition) is 1. The van der Waals surface area contributed by atoms with Crippen molar-refractivity contribution in [3.8, 4) is 0 Å². The molecule has 0 aromatic heterocycles. The number of allylic oxidation sites excluding steroid dienone is 3. The van der Waals surface area contributed by atoms with Gasteiger partial charge in [-0.1, -0.05) is 55.7 Å². The molecular formula is C14H23ClO. The number of halogens is 1. The molecule has 0 radical (unpaired) electrons. The molecule has 0 spiro atoms. The summed E-state index contributed by atoms with van der Waals surface area (Å²) >= 11 is 5.34. The number of unbranched alkanes of at least 4 members (excludes halogenated alkanes) is 3. The Balaban J connectivity index is 3.39. The predicted octanol–water partition coefficient (Wildman–Crippen LogP) is 4.57. The van der Waals surface area contributed by atoms with E-state index in [1.807, 2.05) is 6.08 Å². The molecule has 2 heteroatoms. The van der Waals surface area contributed by atoms with Crippen LogP contribution in [0.15, 0.2) is 35.9 Å². The molecule has 0 rings (SSSR count). The molecule has 1 N–H and O–H groups in total. The highest BCUT2D eigenvalue weighted by atomic mass is 35.5. The number of aliphatic hydroxyl groups excluding tert-OH is 1. The zero-order chi connectivity index (χ0) is 12.1. The largest absolute Gasteiger partial charge is 0.389 e. The first-order chi connectivity index (χ1) is 7.81. The van der Waals surface area contributed by atoms with Gasteiger partial charge in [-0.05, 0) is 31.8 Å². The van der Waals surface area contributed by atoms with E-state index in [1.54, 1.807) is 6.08 Å². The maximum atomic E-state index is 9.31. The first kappa shape index (κ1) is 15.5. The second-order valence-electron chi connectivity index (χ2n) is 3.80. The van der Waals surface area contributed by atoms with Crippen molar-refractivity contribution in [1.29, 1.82) is 0 Å². The molecule has 1 atom stereocenters. The maximum absolute atomic E-state index is 9.31. The molecule has 0 heterocycles. The number of hydrogen-bond acceptors (Lipinski definition) is 1. The van der Waals surface area contributed by atoms with Crippen LogP contribution in [0.5, 0.6) is 0 Å². The van der Waals surface area contributed by atoms with E-state index in [4.69, 9.17) is 11.6 Å². The van der Waals surface area contributed by atoms with Gasteiger partial charge >= 0.3 is 0 Å². The fourth-order valence-corrected chi connectivity index (χ4v) is 1.47. The summed E-state index contributed by atoms with van der Waals surface area (Å²) in [6.45, 7) is 2.22. The minimum atomic E-state index is -0.456. The van der Waals surface area contributed by atoms with Crippen LogP contribution in [0.1, 0.15) is 45.4 Å². The van der Waals surface area contributed by atoms with E-state index >= 15 is 0 Å². The van der Waals surface area contributed by atoms with E-state index in [2.05, 4.69) is 25.2 Å². The molecule has 0 aliphatic carbocycles. The normalized spacial score (nSPS) is 14.4. The van der Waals surface area contributed by atoms with Crippen molar-refractivity contribution in [2.24, 2.45) is 0 Å². The Morgan fingerprint density at radius 1 is 1.12 bits per heavy atom. The van der Waals surface area contributed by atoms with E-state index in [0.29, 0.717) is 6.42 Å². The van der Waals surface area contributed by atoms with Crippen molar-refractivity contribution in [3.63, 3.8) is 0 Å². The zero-order valence-corrected chi connectivity index (χ0v) is 10.9. The Labute approximate surface area is 105 Å². The molecule has 0 saturated carbocycles. The van der Waals surface area contributed by atoms with Crippen molar-refractivity contribution in [1.82, 2.24) is 0 Å². The summed E-state index contributed by atoms with van der Waals surface area (Å²) in [5.41, 5.74) is 1.35. The molecule has 0 unspecified atom stereocenters. The second-order valence-corrected chi connectivity index (χ2v) is 4.05. The first-order valence-electron chi connectivity index (χ1n) is 6.06. The lowest BCUT2D eigenvalue weighted by atomic mass is 10.2. The molecule has 0 aromatic rings. The van der Waals surface area contributed by atoms with Gasteiger partial charge in [-0.25, -0.2) is 0 Å². The molecule has 0 amide bonds. The van der Waals surface area contributed by atoms with Gasteiger partial charge in [0.2, 0.25) is 0 Å².